The number of benzene rings is 1. The number of hydrogen-bond donors (Lipinski definition) is 1. The molecule has 0 radical (unpaired) electrons. The van der Waals surface area contributed by atoms with Crippen LogP contribution in [0.4, 0.5) is 10.5 Å². The van der Waals surface area contributed by atoms with Crippen LogP contribution in [0.5, 0.6) is 0 Å². The molecule has 0 aliphatic rings. The van der Waals surface area contributed by atoms with Crippen molar-refractivity contribution in [3.8, 4) is 0 Å². The van der Waals surface area contributed by atoms with E-state index in [1.165, 1.54) is 25.5 Å². The van der Waals surface area contributed by atoms with E-state index < -0.39 is 11.0 Å². The lowest BCUT2D eigenvalue weighted by molar-refractivity contribution is -0.385. The molecule has 90 valence electrons. The van der Waals surface area contributed by atoms with E-state index in [1.54, 1.807) is 6.07 Å². The van der Waals surface area contributed by atoms with Crippen LogP contribution in [0.2, 0.25) is 0 Å². The maximum absolute atomic E-state index is 10.7. The van der Waals surface area contributed by atoms with Gasteiger partial charge in [-0.1, -0.05) is 6.07 Å². The molecule has 0 aliphatic carbocycles. The molecule has 1 rings (SSSR count). The van der Waals surface area contributed by atoms with Crippen LogP contribution in [-0.2, 0) is 4.74 Å². The SMILES string of the molecule is COC(=O)N/N=C\c1ccc(Br)c([N+](=O)[O-])c1. The molecule has 1 amide bonds. The third-order valence-electron chi connectivity index (χ3n) is 1.72. The van der Waals surface area contributed by atoms with Crippen molar-refractivity contribution >= 4 is 33.9 Å². The highest BCUT2D eigenvalue weighted by Crippen LogP contribution is 2.24. The van der Waals surface area contributed by atoms with Gasteiger partial charge >= 0.3 is 6.09 Å². The Balaban J connectivity index is 2.82. The number of nitro benzene ring substituents is 1. The Morgan fingerprint density at radius 1 is 1.65 bits per heavy atom. The number of rotatable bonds is 3. The van der Waals surface area contributed by atoms with Gasteiger partial charge in [0.15, 0.2) is 0 Å². The Bertz CT molecular complexity index is 475. The summed E-state index contributed by atoms with van der Waals surface area (Å²) in [6.07, 6.45) is 0.559. The van der Waals surface area contributed by atoms with Crippen LogP contribution in [0.3, 0.4) is 0 Å². The molecule has 0 saturated heterocycles. The van der Waals surface area contributed by atoms with Crippen molar-refractivity contribution in [3.63, 3.8) is 0 Å². The zero-order valence-electron chi connectivity index (χ0n) is 8.71. The second kappa shape index (κ2) is 5.94. The van der Waals surface area contributed by atoms with Gasteiger partial charge < -0.3 is 4.74 Å². The van der Waals surface area contributed by atoms with Gasteiger partial charge in [-0.25, -0.2) is 10.2 Å². The lowest BCUT2D eigenvalue weighted by Gasteiger charge is -1.98. The second-order valence-corrected chi connectivity index (χ2v) is 3.68. The van der Waals surface area contributed by atoms with Gasteiger partial charge in [-0.3, -0.25) is 10.1 Å². The Kier molecular flexibility index (Phi) is 4.58. The largest absolute Gasteiger partial charge is 0.452 e. The Hall–Kier alpha value is -1.96. The van der Waals surface area contributed by atoms with Gasteiger partial charge in [0.05, 0.1) is 22.7 Å². The summed E-state index contributed by atoms with van der Waals surface area (Å²) >= 11 is 3.06. The number of nitrogens with one attached hydrogen (secondary N) is 1. The number of ether oxygens (including phenoxy) is 1. The van der Waals surface area contributed by atoms with Crippen molar-refractivity contribution in [2.45, 2.75) is 0 Å². The molecule has 0 aromatic heterocycles. The Morgan fingerprint density at radius 2 is 2.35 bits per heavy atom. The molecule has 1 N–H and O–H groups in total. The third kappa shape index (κ3) is 3.83. The number of hydrogen-bond acceptors (Lipinski definition) is 5. The molecule has 0 saturated carbocycles. The molecule has 0 atom stereocenters. The first-order valence-corrected chi connectivity index (χ1v) is 5.15. The number of methoxy groups -OCH3 is 1. The number of halogens is 1. The van der Waals surface area contributed by atoms with Gasteiger partial charge in [0, 0.05) is 11.6 Å². The quantitative estimate of drug-likeness (QED) is 0.525. The molecule has 0 heterocycles. The van der Waals surface area contributed by atoms with Gasteiger partial charge in [-0.2, -0.15) is 5.10 Å². The van der Waals surface area contributed by atoms with E-state index in [9.17, 15) is 14.9 Å². The number of hydrazone groups is 1. The average Bonchev–Trinajstić information content (AvgIpc) is 2.30. The molecule has 0 spiro atoms. The van der Waals surface area contributed by atoms with Crippen LogP contribution >= 0.6 is 15.9 Å². The van der Waals surface area contributed by atoms with Crippen LogP contribution in [0, 0.1) is 10.1 Å². The monoisotopic (exact) mass is 301 g/mol. The molecule has 8 heteroatoms. The summed E-state index contributed by atoms with van der Waals surface area (Å²) in [6.45, 7) is 0. The van der Waals surface area contributed by atoms with Gasteiger partial charge in [-0.05, 0) is 22.0 Å². The predicted octanol–water partition coefficient (Wildman–Crippen LogP) is 2.05. The van der Waals surface area contributed by atoms with Gasteiger partial charge in [0.25, 0.3) is 5.69 Å². The van der Waals surface area contributed by atoms with Crippen molar-refractivity contribution in [1.82, 2.24) is 5.43 Å². The van der Waals surface area contributed by atoms with Crippen molar-refractivity contribution in [1.29, 1.82) is 0 Å². The lowest BCUT2D eigenvalue weighted by Crippen LogP contribution is -2.16. The highest BCUT2D eigenvalue weighted by molar-refractivity contribution is 9.10. The Labute approximate surface area is 105 Å². The normalized spacial score (nSPS) is 10.2. The summed E-state index contributed by atoms with van der Waals surface area (Å²) in [6, 6.07) is 4.46. The third-order valence-corrected chi connectivity index (χ3v) is 2.39. The van der Waals surface area contributed by atoms with E-state index in [0.29, 0.717) is 10.0 Å². The van der Waals surface area contributed by atoms with Crippen LogP contribution in [0.15, 0.2) is 27.8 Å². The summed E-state index contributed by atoms with van der Waals surface area (Å²) in [7, 11) is 1.20. The van der Waals surface area contributed by atoms with E-state index in [4.69, 9.17) is 0 Å². The van der Waals surface area contributed by atoms with Crippen molar-refractivity contribution in [3.05, 3.63) is 38.3 Å². The fourth-order valence-corrected chi connectivity index (χ4v) is 1.35. The second-order valence-electron chi connectivity index (χ2n) is 2.83. The average molecular weight is 302 g/mol. The first kappa shape index (κ1) is 13.1. The maximum atomic E-state index is 10.7. The smallest absolute Gasteiger partial charge is 0.427 e. The van der Waals surface area contributed by atoms with Gasteiger partial charge in [0.2, 0.25) is 0 Å². The van der Waals surface area contributed by atoms with Crippen LogP contribution in [0.25, 0.3) is 0 Å². The van der Waals surface area contributed by atoms with Crippen molar-refractivity contribution < 1.29 is 14.5 Å². The summed E-state index contributed by atoms with van der Waals surface area (Å²) in [5.41, 5.74) is 2.48. The Morgan fingerprint density at radius 3 is 2.94 bits per heavy atom. The zero-order valence-corrected chi connectivity index (χ0v) is 10.3. The summed E-state index contributed by atoms with van der Waals surface area (Å²) in [4.78, 5) is 20.8. The van der Waals surface area contributed by atoms with Crippen LogP contribution in [0.1, 0.15) is 5.56 Å². The zero-order chi connectivity index (χ0) is 12.8. The molecule has 0 fully saturated rings. The van der Waals surface area contributed by atoms with E-state index in [0.717, 1.165) is 0 Å². The van der Waals surface area contributed by atoms with Crippen LogP contribution < -0.4 is 5.43 Å². The van der Waals surface area contributed by atoms with Gasteiger partial charge in [-0.15, -0.1) is 0 Å². The minimum Gasteiger partial charge on any atom is -0.452 e. The molecule has 1 aromatic rings. The standard InChI is InChI=1S/C9H8BrN3O4/c1-17-9(14)12-11-5-6-2-3-7(10)8(4-6)13(15)16/h2-5H,1H3,(H,12,14)/b11-5-. The van der Waals surface area contributed by atoms with Gasteiger partial charge in [0.1, 0.15) is 0 Å². The molecule has 0 bridgehead atoms. The first-order chi connectivity index (χ1) is 8.04. The number of carbonyl (C=O) groups is 1. The molecule has 0 aliphatic heterocycles. The highest BCUT2D eigenvalue weighted by atomic mass is 79.9. The summed E-state index contributed by atoms with van der Waals surface area (Å²) in [5, 5.41) is 14.2. The number of carbonyl (C=O) groups excluding carboxylic acids is 1. The van der Waals surface area contributed by atoms with Crippen molar-refractivity contribution in [2.75, 3.05) is 7.11 Å². The number of nitrogens with zero attached hydrogens (tertiary/aromatic N) is 2. The minimum absolute atomic E-state index is 0.0768. The highest BCUT2D eigenvalue weighted by Gasteiger charge is 2.11. The first-order valence-electron chi connectivity index (χ1n) is 4.35. The molecule has 1 aromatic carbocycles. The molecular formula is C9H8BrN3O4. The molecular weight excluding hydrogens is 294 g/mol. The number of nitro groups is 1. The van der Waals surface area contributed by atoms with Crippen LogP contribution in [-0.4, -0.2) is 24.3 Å². The lowest BCUT2D eigenvalue weighted by atomic mass is 10.2. The summed E-state index contributed by atoms with van der Waals surface area (Å²) < 4.78 is 4.67. The fourth-order valence-electron chi connectivity index (χ4n) is 0.955. The van der Waals surface area contributed by atoms with Crippen molar-refractivity contribution in [2.24, 2.45) is 5.10 Å². The fraction of sp³-hybridized carbons (Fsp3) is 0.111. The minimum atomic E-state index is -0.715. The van der Waals surface area contributed by atoms with E-state index in [2.05, 4.69) is 31.2 Å². The summed E-state index contributed by atoms with van der Waals surface area (Å²) in [5.74, 6) is 0. The number of amides is 1. The topological polar surface area (TPSA) is 93.8 Å². The molecule has 0 unspecified atom stereocenters. The predicted molar refractivity (Wildman–Crippen MR) is 63.9 cm³/mol. The van der Waals surface area contributed by atoms with E-state index >= 15 is 0 Å². The van der Waals surface area contributed by atoms with E-state index in [1.807, 2.05) is 0 Å². The maximum Gasteiger partial charge on any atom is 0.427 e. The molecule has 17 heavy (non-hydrogen) atoms. The molecule has 7 nitrogen and oxygen atoms in total. The van der Waals surface area contributed by atoms with E-state index in [-0.39, 0.29) is 5.69 Å².